The van der Waals surface area contributed by atoms with E-state index in [1.165, 1.54) is 11.4 Å². The van der Waals surface area contributed by atoms with Crippen LogP contribution in [0.2, 0.25) is 0 Å². The summed E-state index contributed by atoms with van der Waals surface area (Å²) in [6.45, 7) is 9.21. The molecule has 8 nitrogen and oxygen atoms in total. The molecule has 1 aliphatic rings. The Morgan fingerprint density at radius 1 is 0.850 bits per heavy atom. The van der Waals surface area contributed by atoms with Crippen LogP contribution >= 0.6 is 0 Å². The monoisotopic (exact) mass is 564 g/mol. The van der Waals surface area contributed by atoms with Crippen molar-refractivity contribution in [2.24, 2.45) is 0 Å². The molecule has 40 heavy (non-hydrogen) atoms. The fourth-order valence-electron chi connectivity index (χ4n) is 5.21. The lowest BCUT2D eigenvalue weighted by Crippen LogP contribution is -2.46. The Morgan fingerprint density at radius 2 is 1.45 bits per heavy atom. The summed E-state index contributed by atoms with van der Waals surface area (Å²) < 4.78 is 40.9. The van der Waals surface area contributed by atoms with Crippen molar-refractivity contribution < 1.29 is 27.5 Å². The van der Waals surface area contributed by atoms with Crippen molar-refractivity contribution in [1.82, 2.24) is 4.31 Å². The van der Waals surface area contributed by atoms with Crippen LogP contribution in [0.4, 0.5) is 5.69 Å². The predicted octanol–water partition coefficient (Wildman–Crippen LogP) is 4.81. The Morgan fingerprint density at radius 3 is 2.02 bits per heavy atom. The Labute approximate surface area is 236 Å². The molecule has 1 heterocycles. The van der Waals surface area contributed by atoms with E-state index < -0.39 is 27.9 Å². The number of rotatable bonds is 9. The lowest BCUT2D eigenvalue weighted by atomic mass is 10.0. The molecule has 0 radical (unpaired) electrons. The molecule has 3 aromatic rings. The molecule has 0 N–H and O–H groups in total. The lowest BCUT2D eigenvalue weighted by molar-refractivity contribution is -0.122. The molecule has 3 aromatic carbocycles. The highest BCUT2D eigenvalue weighted by molar-refractivity contribution is 7.89. The first kappa shape index (κ1) is 29.3. The van der Waals surface area contributed by atoms with Crippen molar-refractivity contribution in [1.29, 1.82) is 0 Å². The Balaban J connectivity index is 1.79. The molecule has 0 aliphatic carbocycles. The normalized spacial score (nSPS) is 15.7. The van der Waals surface area contributed by atoms with Gasteiger partial charge < -0.3 is 9.47 Å². The van der Waals surface area contributed by atoms with Gasteiger partial charge in [0, 0.05) is 6.54 Å². The van der Waals surface area contributed by atoms with Crippen LogP contribution in [0.3, 0.4) is 0 Å². The lowest BCUT2D eigenvalue weighted by Gasteiger charge is -2.29. The van der Waals surface area contributed by atoms with E-state index in [2.05, 4.69) is 0 Å². The van der Waals surface area contributed by atoms with Gasteiger partial charge in [-0.15, -0.1) is 0 Å². The molecule has 1 saturated heterocycles. The highest BCUT2D eigenvalue weighted by Gasteiger charge is 2.47. The average Bonchev–Trinajstić information content (AvgIpc) is 3.20. The average molecular weight is 565 g/mol. The molecule has 0 aromatic heterocycles. The van der Waals surface area contributed by atoms with Crippen molar-refractivity contribution in [3.05, 3.63) is 81.9 Å². The van der Waals surface area contributed by atoms with Gasteiger partial charge in [0.1, 0.15) is 6.04 Å². The van der Waals surface area contributed by atoms with Crippen LogP contribution in [-0.2, 0) is 26.0 Å². The maximum Gasteiger partial charge on any atom is 0.252 e. The van der Waals surface area contributed by atoms with Crippen LogP contribution < -0.4 is 14.4 Å². The summed E-state index contributed by atoms with van der Waals surface area (Å²) >= 11 is 0. The van der Waals surface area contributed by atoms with Crippen molar-refractivity contribution >= 4 is 27.5 Å². The van der Waals surface area contributed by atoms with Gasteiger partial charge in [0.2, 0.25) is 15.9 Å². The first-order chi connectivity index (χ1) is 18.9. The van der Waals surface area contributed by atoms with Gasteiger partial charge in [0.15, 0.2) is 11.5 Å². The van der Waals surface area contributed by atoms with Gasteiger partial charge in [-0.3, -0.25) is 9.59 Å². The molecule has 4 rings (SSSR count). The fourth-order valence-corrected chi connectivity index (χ4v) is 7.37. The third-order valence-corrected chi connectivity index (χ3v) is 9.88. The zero-order valence-electron chi connectivity index (χ0n) is 24.1. The molecular formula is C31H36N2O6S. The van der Waals surface area contributed by atoms with Crippen molar-refractivity contribution in [3.8, 4) is 11.5 Å². The second-order valence-electron chi connectivity index (χ2n) is 10.3. The number of ether oxygens (including phenoxy) is 2. The van der Waals surface area contributed by atoms with Gasteiger partial charge in [-0.1, -0.05) is 29.8 Å². The maximum atomic E-state index is 14.4. The molecule has 0 spiro atoms. The number of imide groups is 1. The number of carbonyl (C=O) groups excluding carboxylic acids is 2. The highest BCUT2D eigenvalue weighted by atomic mass is 32.2. The van der Waals surface area contributed by atoms with Crippen LogP contribution in [0.1, 0.15) is 39.8 Å². The number of aryl methyl sites for hydroxylation is 3. The van der Waals surface area contributed by atoms with Gasteiger partial charge in [-0.2, -0.15) is 4.31 Å². The Hall–Kier alpha value is -3.69. The molecule has 212 valence electrons. The second kappa shape index (κ2) is 11.4. The summed E-state index contributed by atoms with van der Waals surface area (Å²) in [5, 5.41) is 0. The van der Waals surface area contributed by atoms with E-state index in [1.54, 1.807) is 45.2 Å². The molecule has 1 atom stereocenters. The minimum Gasteiger partial charge on any atom is -0.493 e. The zero-order chi connectivity index (χ0) is 29.4. The Kier molecular flexibility index (Phi) is 8.37. The quantitative estimate of drug-likeness (QED) is 0.346. The first-order valence-corrected chi connectivity index (χ1v) is 14.6. The van der Waals surface area contributed by atoms with E-state index in [9.17, 15) is 18.0 Å². The topological polar surface area (TPSA) is 93.2 Å². The SMILES string of the molecule is COc1ccc(CCN(C2CC(=O)N(c3ccc(C)cc3)C2=O)S(=O)(=O)c2c(C)c(C)cc(C)c2C)cc1OC. The van der Waals surface area contributed by atoms with E-state index in [0.717, 1.165) is 27.2 Å². The first-order valence-electron chi connectivity index (χ1n) is 13.1. The smallest absolute Gasteiger partial charge is 0.252 e. The summed E-state index contributed by atoms with van der Waals surface area (Å²) in [4.78, 5) is 28.2. The van der Waals surface area contributed by atoms with Gasteiger partial charge in [0.25, 0.3) is 5.91 Å². The van der Waals surface area contributed by atoms with E-state index >= 15 is 0 Å². The molecule has 1 aliphatic heterocycles. The molecule has 0 bridgehead atoms. The zero-order valence-corrected chi connectivity index (χ0v) is 24.9. The fraction of sp³-hybridized carbons (Fsp3) is 0.355. The van der Waals surface area contributed by atoms with Crippen LogP contribution in [0, 0.1) is 34.6 Å². The summed E-state index contributed by atoms with van der Waals surface area (Å²) in [6.07, 6.45) is 0.0613. The van der Waals surface area contributed by atoms with E-state index in [0.29, 0.717) is 34.7 Å². The van der Waals surface area contributed by atoms with Crippen LogP contribution in [0.25, 0.3) is 0 Å². The summed E-state index contributed by atoms with van der Waals surface area (Å²) in [5.41, 5.74) is 5.17. The van der Waals surface area contributed by atoms with E-state index in [4.69, 9.17) is 9.47 Å². The molecule has 2 amide bonds. The Bertz CT molecular complexity index is 1540. The molecule has 9 heteroatoms. The molecule has 1 unspecified atom stereocenters. The largest absolute Gasteiger partial charge is 0.493 e. The molecular weight excluding hydrogens is 528 g/mol. The van der Waals surface area contributed by atoms with Gasteiger partial charge in [-0.25, -0.2) is 13.3 Å². The number of anilines is 1. The number of hydrogen-bond donors (Lipinski definition) is 0. The number of benzene rings is 3. The van der Waals surface area contributed by atoms with E-state index in [-0.39, 0.29) is 17.9 Å². The number of carbonyl (C=O) groups is 2. The summed E-state index contributed by atoms with van der Waals surface area (Å²) in [7, 11) is -1.10. The van der Waals surface area contributed by atoms with Crippen LogP contribution in [0.5, 0.6) is 11.5 Å². The number of nitrogens with zero attached hydrogens (tertiary/aromatic N) is 2. The minimum atomic E-state index is -4.18. The third-order valence-electron chi connectivity index (χ3n) is 7.70. The summed E-state index contributed by atoms with van der Waals surface area (Å²) in [6, 6.07) is 13.2. The molecule has 1 fully saturated rings. The highest BCUT2D eigenvalue weighted by Crippen LogP contribution is 2.34. The van der Waals surface area contributed by atoms with Gasteiger partial charge >= 0.3 is 0 Å². The van der Waals surface area contributed by atoms with Crippen molar-refractivity contribution in [2.45, 2.75) is 58.4 Å². The number of amides is 2. The van der Waals surface area contributed by atoms with Crippen LogP contribution in [0.15, 0.2) is 53.4 Å². The molecule has 0 saturated carbocycles. The maximum absolute atomic E-state index is 14.4. The number of hydrogen-bond acceptors (Lipinski definition) is 6. The van der Waals surface area contributed by atoms with Gasteiger partial charge in [0.05, 0.1) is 31.2 Å². The van der Waals surface area contributed by atoms with Gasteiger partial charge in [-0.05, 0) is 93.1 Å². The van der Waals surface area contributed by atoms with Crippen molar-refractivity contribution in [3.63, 3.8) is 0 Å². The van der Waals surface area contributed by atoms with E-state index in [1.807, 2.05) is 45.0 Å². The van der Waals surface area contributed by atoms with Crippen LogP contribution in [-0.4, -0.2) is 51.3 Å². The second-order valence-corrected chi connectivity index (χ2v) is 12.1. The third kappa shape index (κ3) is 5.36. The minimum absolute atomic E-state index is 0.00485. The summed E-state index contributed by atoms with van der Waals surface area (Å²) in [5.74, 6) is 0.0963. The van der Waals surface area contributed by atoms with Crippen molar-refractivity contribution in [2.75, 3.05) is 25.7 Å². The number of sulfonamides is 1. The predicted molar refractivity (Wildman–Crippen MR) is 155 cm³/mol. The standard InChI is InChI=1S/C31H36N2O6S/c1-19-8-11-25(12-9-19)33-29(34)18-26(31(33)35)32(15-14-24-10-13-27(38-6)28(17-24)39-7)40(36,37)30-22(4)20(2)16-21(3)23(30)5/h8-13,16-17,26H,14-15,18H2,1-7H3. The number of methoxy groups -OCH3 is 2.